The number of nitrogens with one attached hydrogen (secondary N) is 1. The SMILES string of the molecule is CS(=O)(=O)N1CCC(C(=O)N2CCC(CCCNC(=O)c3cc4ccncc4o3)CC2)CC1. The van der Waals surface area contributed by atoms with Gasteiger partial charge in [0.15, 0.2) is 11.3 Å². The summed E-state index contributed by atoms with van der Waals surface area (Å²) in [6.07, 6.45) is 9.54. The lowest BCUT2D eigenvalue weighted by molar-refractivity contribution is -0.138. The van der Waals surface area contributed by atoms with Gasteiger partial charge in [0.05, 0.1) is 12.5 Å². The Kier molecular flexibility index (Phi) is 7.33. The number of nitrogens with zero attached hydrogens (tertiary/aromatic N) is 3. The molecule has 0 bridgehead atoms. The molecule has 2 aromatic rings. The Balaban J connectivity index is 1.13. The molecule has 0 atom stereocenters. The number of pyridine rings is 1. The summed E-state index contributed by atoms with van der Waals surface area (Å²) in [5, 5.41) is 3.78. The standard InChI is InChI=1S/C23H32N4O5S/c1-33(30,31)27-13-7-18(8-14-27)23(29)26-11-5-17(6-12-26)3-2-9-25-22(28)20-15-19-4-10-24-16-21(19)32-20/h4,10,15-18H,2-3,5-9,11-14H2,1H3,(H,25,28). The summed E-state index contributed by atoms with van der Waals surface area (Å²) in [4.78, 5) is 31.1. The first-order valence-corrected chi connectivity index (χ1v) is 13.5. The number of fused-ring (bicyclic) bond motifs is 1. The normalized spacial score (nSPS) is 19.1. The average molecular weight is 477 g/mol. The Morgan fingerprint density at radius 3 is 2.55 bits per heavy atom. The third-order valence-corrected chi connectivity index (χ3v) is 8.12. The first-order valence-electron chi connectivity index (χ1n) is 11.7. The predicted octanol–water partition coefficient (Wildman–Crippen LogP) is 2.25. The van der Waals surface area contributed by atoms with E-state index >= 15 is 0 Å². The lowest BCUT2D eigenvalue weighted by Crippen LogP contribution is -2.46. The van der Waals surface area contributed by atoms with Crippen molar-refractivity contribution in [2.24, 2.45) is 11.8 Å². The number of carbonyl (C=O) groups is 2. The first-order chi connectivity index (χ1) is 15.8. The maximum atomic E-state index is 12.8. The summed E-state index contributed by atoms with van der Waals surface area (Å²) in [5.41, 5.74) is 0.602. The quantitative estimate of drug-likeness (QED) is 0.614. The van der Waals surface area contributed by atoms with Gasteiger partial charge in [0, 0.05) is 50.2 Å². The van der Waals surface area contributed by atoms with E-state index in [1.807, 2.05) is 11.0 Å². The van der Waals surface area contributed by atoms with Gasteiger partial charge in [0.1, 0.15) is 0 Å². The largest absolute Gasteiger partial charge is 0.449 e. The third-order valence-electron chi connectivity index (χ3n) is 6.82. The van der Waals surface area contributed by atoms with Gasteiger partial charge in [0.25, 0.3) is 5.91 Å². The fourth-order valence-corrected chi connectivity index (χ4v) is 5.68. The number of likely N-dealkylation sites (tertiary alicyclic amines) is 1. The van der Waals surface area contributed by atoms with Crippen LogP contribution in [0, 0.1) is 11.8 Å². The van der Waals surface area contributed by atoms with Crippen molar-refractivity contribution in [3.8, 4) is 0 Å². The molecule has 2 aromatic heterocycles. The molecule has 0 radical (unpaired) electrons. The Morgan fingerprint density at radius 1 is 1.15 bits per heavy atom. The number of piperidine rings is 2. The van der Waals surface area contributed by atoms with E-state index in [4.69, 9.17) is 4.42 Å². The number of amides is 2. The van der Waals surface area contributed by atoms with Crippen LogP contribution in [0.3, 0.4) is 0 Å². The summed E-state index contributed by atoms with van der Waals surface area (Å²) in [6, 6.07) is 3.54. The highest BCUT2D eigenvalue weighted by Gasteiger charge is 2.32. The molecule has 2 aliphatic rings. The monoisotopic (exact) mass is 476 g/mol. The highest BCUT2D eigenvalue weighted by atomic mass is 32.2. The van der Waals surface area contributed by atoms with Gasteiger partial charge in [0.2, 0.25) is 15.9 Å². The topological polar surface area (TPSA) is 113 Å². The van der Waals surface area contributed by atoms with Crippen LogP contribution >= 0.6 is 0 Å². The molecule has 180 valence electrons. The van der Waals surface area contributed by atoms with Crippen molar-refractivity contribution in [1.29, 1.82) is 0 Å². The molecule has 1 N–H and O–H groups in total. The molecule has 33 heavy (non-hydrogen) atoms. The molecule has 10 heteroatoms. The highest BCUT2D eigenvalue weighted by Crippen LogP contribution is 2.26. The van der Waals surface area contributed by atoms with E-state index in [0.29, 0.717) is 49.7 Å². The zero-order valence-electron chi connectivity index (χ0n) is 19.0. The van der Waals surface area contributed by atoms with Crippen molar-refractivity contribution in [1.82, 2.24) is 19.5 Å². The minimum atomic E-state index is -3.17. The van der Waals surface area contributed by atoms with Gasteiger partial charge >= 0.3 is 0 Å². The van der Waals surface area contributed by atoms with E-state index in [9.17, 15) is 18.0 Å². The van der Waals surface area contributed by atoms with E-state index < -0.39 is 10.0 Å². The van der Waals surface area contributed by atoms with Gasteiger partial charge in [-0.1, -0.05) is 0 Å². The molecule has 0 spiro atoms. The number of aromatic nitrogens is 1. The smallest absolute Gasteiger partial charge is 0.287 e. The van der Waals surface area contributed by atoms with Gasteiger partial charge in [-0.15, -0.1) is 0 Å². The molecular weight excluding hydrogens is 444 g/mol. The molecular formula is C23H32N4O5S. The van der Waals surface area contributed by atoms with Crippen LogP contribution in [0.15, 0.2) is 28.9 Å². The second-order valence-electron chi connectivity index (χ2n) is 9.13. The summed E-state index contributed by atoms with van der Waals surface area (Å²) < 4.78 is 30.3. The lowest BCUT2D eigenvalue weighted by Gasteiger charge is -2.36. The van der Waals surface area contributed by atoms with E-state index in [2.05, 4.69) is 10.3 Å². The molecule has 0 aliphatic carbocycles. The number of carbonyl (C=O) groups excluding carboxylic acids is 2. The second kappa shape index (κ2) is 10.2. The van der Waals surface area contributed by atoms with Gasteiger partial charge in [-0.05, 0) is 56.6 Å². The van der Waals surface area contributed by atoms with Crippen LogP contribution in [0.5, 0.6) is 0 Å². The van der Waals surface area contributed by atoms with Crippen molar-refractivity contribution in [2.45, 2.75) is 38.5 Å². The fraction of sp³-hybridized carbons (Fsp3) is 0.609. The van der Waals surface area contributed by atoms with Gasteiger partial charge in [-0.2, -0.15) is 0 Å². The van der Waals surface area contributed by atoms with E-state index in [1.54, 1.807) is 18.5 Å². The van der Waals surface area contributed by atoms with Crippen LogP contribution < -0.4 is 5.32 Å². The van der Waals surface area contributed by atoms with E-state index in [-0.39, 0.29) is 17.7 Å². The van der Waals surface area contributed by atoms with E-state index in [0.717, 1.165) is 44.2 Å². The lowest BCUT2D eigenvalue weighted by atomic mass is 9.90. The number of furan rings is 1. The third kappa shape index (κ3) is 5.92. The molecule has 0 unspecified atom stereocenters. The number of sulfonamides is 1. The van der Waals surface area contributed by atoms with Crippen molar-refractivity contribution in [3.05, 3.63) is 30.3 Å². The molecule has 0 saturated carbocycles. The van der Waals surface area contributed by atoms with Gasteiger partial charge in [-0.3, -0.25) is 14.6 Å². The number of hydrogen-bond acceptors (Lipinski definition) is 6. The molecule has 2 saturated heterocycles. The van der Waals surface area contributed by atoms with Crippen molar-refractivity contribution < 1.29 is 22.4 Å². The van der Waals surface area contributed by atoms with Crippen LogP contribution in [0.4, 0.5) is 0 Å². The Bertz CT molecular complexity index is 1050. The van der Waals surface area contributed by atoms with Crippen LogP contribution in [-0.4, -0.2) is 73.4 Å². The second-order valence-corrected chi connectivity index (χ2v) is 11.1. The molecule has 2 fully saturated rings. The molecule has 2 amide bonds. The average Bonchev–Trinajstić information content (AvgIpc) is 3.26. The van der Waals surface area contributed by atoms with Crippen LogP contribution in [0.1, 0.15) is 49.1 Å². The van der Waals surface area contributed by atoms with Crippen LogP contribution in [0.2, 0.25) is 0 Å². The minimum Gasteiger partial charge on any atom is -0.449 e. The van der Waals surface area contributed by atoms with E-state index in [1.165, 1.54) is 10.6 Å². The van der Waals surface area contributed by atoms with Crippen molar-refractivity contribution in [3.63, 3.8) is 0 Å². The number of hydrogen-bond donors (Lipinski definition) is 1. The van der Waals surface area contributed by atoms with Gasteiger partial charge in [-0.25, -0.2) is 12.7 Å². The highest BCUT2D eigenvalue weighted by molar-refractivity contribution is 7.88. The Labute approximate surface area is 194 Å². The Hall–Kier alpha value is -2.46. The maximum absolute atomic E-state index is 12.8. The molecule has 4 heterocycles. The van der Waals surface area contributed by atoms with Crippen LogP contribution in [0.25, 0.3) is 11.0 Å². The fourth-order valence-electron chi connectivity index (χ4n) is 4.81. The van der Waals surface area contributed by atoms with Crippen LogP contribution in [-0.2, 0) is 14.8 Å². The molecule has 2 aliphatic heterocycles. The van der Waals surface area contributed by atoms with Crippen molar-refractivity contribution in [2.75, 3.05) is 39.0 Å². The first kappa shape index (κ1) is 23.7. The Morgan fingerprint density at radius 2 is 1.88 bits per heavy atom. The minimum absolute atomic E-state index is 0.0659. The molecule has 9 nitrogen and oxygen atoms in total. The summed E-state index contributed by atoms with van der Waals surface area (Å²) in [6.45, 7) is 2.97. The zero-order chi connectivity index (χ0) is 23.4. The maximum Gasteiger partial charge on any atom is 0.287 e. The summed E-state index contributed by atoms with van der Waals surface area (Å²) in [7, 11) is -3.17. The summed E-state index contributed by atoms with van der Waals surface area (Å²) >= 11 is 0. The predicted molar refractivity (Wildman–Crippen MR) is 124 cm³/mol. The number of rotatable bonds is 7. The zero-order valence-corrected chi connectivity index (χ0v) is 19.8. The van der Waals surface area contributed by atoms with Crippen molar-refractivity contribution >= 4 is 32.8 Å². The molecule has 4 rings (SSSR count). The van der Waals surface area contributed by atoms with Gasteiger partial charge < -0.3 is 14.6 Å². The molecule has 0 aromatic carbocycles. The summed E-state index contributed by atoms with van der Waals surface area (Å²) in [5.74, 6) is 0.745.